The Kier molecular flexibility index (Phi) is 9.23. The number of rotatable bonds is 11. The first-order valence-electron chi connectivity index (χ1n) is 11.5. The van der Waals surface area contributed by atoms with E-state index < -0.39 is 0 Å². The summed E-state index contributed by atoms with van der Waals surface area (Å²) in [6.45, 7) is 6.64. The zero-order valence-corrected chi connectivity index (χ0v) is 18.3. The van der Waals surface area contributed by atoms with Crippen molar-refractivity contribution < 1.29 is 9.53 Å². The second-order valence-corrected chi connectivity index (χ2v) is 8.16. The van der Waals surface area contributed by atoms with E-state index >= 15 is 0 Å². The molecular weight excluding hydrogens is 372 g/mol. The number of aryl methyl sites for hydroxylation is 2. The summed E-state index contributed by atoms with van der Waals surface area (Å²) in [6.07, 6.45) is 6.20. The summed E-state index contributed by atoms with van der Waals surface area (Å²) >= 11 is 0. The van der Waals surface area contributed by atoms with Crippen LogP contribution in [-0.4, -0.2) is 43.6 Å². The summed E-state index contributed by atoms with van der Waals surface area (Å²) in [5.41, 5.74) is 2.65. The topological polar surface area (TPSA) is 41.6 Å². The van der Waals surface area contributed by atoms with Crippen molar-refractivity contribution in [2.45, 2.75) is 45.4 Å². The Bertz CT molecular complexity index is 755. The number of ether oxygens (including phenoxy) is 1. The van der Waals surface area contributed by atoms with Crippen LogP contribution in [0.4, 0.5) is 0 Å². The molecule has 0 bridgehead atoms. The summed E-state index contributed by atoms with van der Waals surface area (Å²) in [7, 11) is 0. The number of nitrogens with one attached hydrogen (secondary N) is 1. The molecule has 1 N–H and O–H groups in total. The van der Waals surface area contributed by atoms with Crippen LogP contribution < -0.4 is 10.1 Å². The fourth-order valence-corrected chi connectivity index (χ4v) is 4.13. The maximum Gasteiger partial charge on any atom is 0.223 e. The van der Waals surface area contributed by atoms with Crippen LogP contribution in [0.5, 0.6) is 5.75 Å². The smallest absolute Gasteiger partial charge is 0.223 e. The lowest BCUT2D eigenvalue weighted by Crippen LogP contribution is -2.40. The molecule has 30 heavy (non-hydrogen) atoms. The van der Waals surface area contributed by atoms with Gasteiger partial charge in [-0.15, -0.1) is 0 Å². The number of hydrogen-bond donors (Lipinski definition) is 1. The van der Waals surface area contributed by atoms with E-state index in [2.05, 4.69) is 64.8 Å². The van der Waals surface area contributed by atoms with Crippen molar-refractivity contribution in [3.05, 3.63) is 65.7 Å². The molecule has 0 saturated carbocycles. The Morgan fingerprint density at radius 2 is 1.73 bits per heavy atom. The molecule has 1 fully saturated rings. The SMILES string of the molecule is CCNC(=O)C1CCN(CCCCOc2ccccc2CCc2ccccc2)CC1. The number of unbranched alkanes of at least 4 members (excludes halogenated alkanes) is 1. The van der Waals surface area contributed by atoms with Gasteiger partial charge >= 0.3 is 0 Å². The van der Waals surface area contributed by atoms with Gasteiger partial charge in [-0.2, -0.15) is 0 Å². The summed E-state index contributed by atoms with van der Waals surface area (Å²) in [5.74, 6) is 1.46. The molecule has 0 aromatic heterocycles. The molecule has 162 valence electrons. The average molecular weight is 409 g/mol. The minimum Gasteiger partial charge on any atom is -0.493 e. The molecule has 0 aliphatic carbocycles. The van der Waals surface area contributed by atoms with Gasteiger partial charge in [0.05, 0.1) is 6.61 Å². The van der Waals surface area contributed by atoms with E-state index in [0.717, 1.165) is 77.1 Å². The predicted molar refractivity (Wildman–Crippen MR) is 123 cm³/mol. The van der Waals surface area contributed by atoms with E-state index in [4.69, 9.17) is 4.74 Å². The lowest BCUT2D eigenvalue weighted by Gasteiger charge is -2.31. The molecule has 1 aliphatic heterocycles. The molecule has 0 radical (unpaired) electrons. The number of amides is 1. The number of carbonyl (C=O) groups is 1. The average Bonchev–Trinajstić information content (AvgIpc) is 2.79. The lowest BCUT2D eigenvalue weighted by atomic mass is 9.96. The van der Waals surface area contributed by atoms with Crippen LogP contribution in [-0.2, 0) is 17.6 Å². The minimum atomic E-state index is 0.205. The highest BCUT2D eigenvalue weighted by Gasteiger charge is 2.23. The Morgan fingerprint density at radius 1 is 1.00 bits per heavy atom. The number of likely N-dealkylation sites (tertiary alicyclic amines) is 1. The maximum atomic E-state index is 11.9. The van der Waals surface area contributed by atoms with Gasteiger partial charge in [-0.3, -0.25) is 4.79 Å². The minimum absolute atomic E-state index is 0.205. The number of nitrogens with zero attached hydrogens (tertiary/aromatic N) is 1. The number of hydrogen-bond acceptors (Lipinski definition) is 3. The molecular formula is C26H36N2O2. The molecule has 1 aliphatic rings. The Balaban J connectivity index is 1.33. The van der Waals surface area contributed by atoms with Crippen LogP contribution in [0.25, 0.3) is 0 Å². The zero-order valence-electron chi connectivity index (χ0n) is 18.3. The molecule has 2 aromatic rings. The highest BCUT2D eigenvalue weighted by molar-refractivity contribution is 5.78. The highest BCUT2D eigenvalue weighted by atomic mass is 16.5. The van der Waals surface area contributed by atoms with Crippen molar-refractivity contribution in [3.63, 3.8) is 0 Å². The summed E-state index contributed by atoms with van der Waals surface area (Å²) < 4.78 is 6.12. The second-order valence-electron chi connectivity index (χ2n) is 8.16. The summed E-state index contributed by atoms with van der Waals surface area (Å²) in [5, 5.41) is 2.95. The monoisotopic (exact) mass is 408 g/mol. The van der Waals surface area contributed by atoms with E-state index in [0.29, 0.717) is 0 Å². The van der Waals surface area contributed by atoms with Crippen LogP contribution in [0.1, 0.15) is 43.7 Å². The standard InChI is InChI=1S/C26H36N2O2/c1-2-27-26(29)24-16-19-28(20-17-24)18-8-9-21-30-25-13-7-6-12-23(25)15-14-22-10-4-3-5-11-22/h3-7,10-13,24H,2,8-9,14-21H2,1H3,(H,27,29). The van der Waals surface area contributed by atoms with Crippen molar-refractivity contribution in [1.29, 1.82) is 0 Å². The third-order valence-corrected chi connectivity index (χ3v) is 5.93. The van der Waals surface area contributed by atoms with Crippen LogP contribution >= 0.6 is 0 Å². The van der Waals surface area contributed by atoms with Gasteiger partial charge < -0.3 is 15.0 Å². The number of carbonyl (C=O) groups excluding carboxylic acids is 1. The van der Waals surface area contributed by atoms with Gasteiger partial charge in [0, 0.05) is 12.5 Å². The molecule has 1 saturated heterocycles. The van der Waals surface area contributed by atoms with Crippen LogP contribution in [0.15, 0.2) is 54.6 Å². The second kappa shape index (κ2) is 12.4. The van der Waals surface area contributed by atoms with Gasteiger partial charge in [0.1, 0.15) is 5.75 Å². The molecule has 0 atom stereocenters. The Hall–Kier alpha value is -2.33. The maximum absolute atomic E-state index is 11.9. The first-order chi connectivity index (χ1) is 14.8. The van der Waals surface area contributed by atoms with Gasteiger partial charge in [-0.1, -0.05) is 48.5 Å². The van der Waals surface area contributed by atoms with Gasteiger partial charge in [0.25, 0.3) is 0 Å². The Morgan fingerprint density at radius 3 is 2.50 bits per heavy atom. The van der Waals surface area contributed by atoms with Gasteiger partial charge in [-0.05, 0) is 82.3 Å². The van der Waals surface area contributed by atoms with E-state index in [1.165, 1.54) is 11.1 Å². The van der Waals surface area contributed by atoms with E-state index in [1.807, 2.05) is 6.92 Å². The van der Waals surface area contributed by atoms with Crippen molar-refractivity contribution in [3.8, 4) is 5.75 Å². The molecule has 0 spiro atoms. The van der Waals surface area contributed by atoms with Crippen molar-refractivity contribution in [2.24, 2.45) is 5.92 Å². The largest absolute Gasteiger partial charge is 0.493 e. The normalized spacial score (nSPS) is 15.1. The third-order valence-electron chi connectivity index (χ3n) is 5.93. The zero-order chi connectivity index (χ0) is 21.0. The molecule has 2 aromatic carbocycles. The lowest BCUT2D eigenvalue weighted by molar-refractivity contribution is -0.126. The van der Waals surface area contributed by atoms with Crippen LogP contribution in [0.3, 0.4) is 0 Å². The summed E-state index contributed by atoms with van der Waals surface area (Å²) in [4.78, 5) is 14.4. The number of piperidine rings is 1. The molecule has 1 amide bonds. The van der Waals surface area contributed by atoms with Gasteiger partial charge in [-0.25, -0.2) is 0 Å². The molecule has 4 nitrogen and oxygen atoms in total. The molecule has 4 heteroatoms. The van der Waals surface area contributed by atoms with Crippen molar-refractivity contribution >= 4 is 5.91 Å². The Labute approximate surface area is 181 Å². The molecule has 3 rings (SSSR count). The molecule has 0 unspecified atom stereocenters. The summed E-state index contributed by atoms with van der Waals surface area (Å²) in [6, 6.07) is 19.0. The molecule has 1 heterocycles. The van der Waals surface area contributed by atoms with E-state index in [9.17, 15) is 4.79 Å². The predicted octanol–water partition coefficient (Wildman–Crippen LogP) is 4.48. The number of benzene rings is 2. The van der Waals surface area contributed by atoms with Crippen LogP contribution in [0, 0.1) is 5.92 Å². The quantitative estimate of drug-likeness (QED) is 0.558. The number of para-hydroxylation sites is 1. The van der Waals surface area contributed by atoms with E-state index in [-0.39, 0.29) is 11.8 Å². The first-order valence-corrected chi connectivity index (χ1v) is 11.5. The van der Waals surface area contributed by atoms with Crippen molar-refractivity contribution in [2.75, 3.05) is 32.8 Å². The van der Waals surface area contributed by atoms with E-state index in [1.54, 1.807) is 0 Å². The fraction of sp³-hybridized carbons (Fsp3) is 0.500. The first kappa shape index (κ1) is 22.4. The third kappa shape index (κ3) is 7.17. The van der Waals surface area contributed by atoms with Gasteiger partial charge in [0.2, 0.25) is 5.91 Å². The van der Waals surface area contributed by atoms with Crippen LogP contribution in [0.2, 0.25) is 0 Å². The fourth-order valence-electron chi connectivity index (χ4n) is 4.13. The van der Waals surface area contributed by atoms with Gasteiger partial charge in [0.15, 0.2) is 0 Å². The van der Waals surface area contributed by atoms with Crippen molar-refractivity contribution in [1.82, 2.24) is 10.2 Å². The highest BCUT2D eigenvalue weighted by Crippen LogP contribution is 2.21.